The second-order valence-electron chi connectivity index (χ2n) is 8.86. The third-order valence-electron chi connectivity index (χ3n) is 6.36. The minimum atomic E-state index is -0.591. The van der Waals surface area contributed by atoms with Crippen molar-refractivity contribution >= 4 is 11.8 Å². The molecule has 0 saturated carbocycles. The highest BCUT2D eigenvalue weighted by Gasteiger charge is 2.31. The molecule has 176 valence electrons. The predicted octanol–water partition coefficient (Wildman–Crippen LogP) is 4.96. The first-order chi connectivity index (χ1) is 16.5. The van der Waals surface area contributed by atoms with Gasteiger partial charge in [0.2, 0.25) is 5.91 Å². The topological polar surface area (TPSA) is 58.6 Å². The monoisotopic (exact) mass is 456 g/mol. The van der Waals surface area contributed by atoms with E-state index in [0.29, 0.717) is 25.3 Å². The predicted molar refractivity (Wildman–Crippen MR) is 134 cm³/mol. The average Bonchev–Trinajstić information content (AvgIpc) is 2.85. The maximum Gasteiger partial charge on any atom is 0.261 e. The van der Waals surface area contributed by atoms with Crippen molar-refractivity contribution in [2.45, 2.75) is 52.3 Å². The van der Waals surface area contributed by atoms with E-state index < -0.39 is 6.10 Å². The van der Waals surface area contributed by atoms with Gasteiger partial charge in [-0.2, -0.15) is 0 Å². The zero-order valence-electron chi connectivity index (χ0n) is 20.1. The summed E-state index contributed by atoms with van der Waals surface area (Å²) in [5.41, 5.74) is 5.55. The molecule has 0 saturated heterocycles. The summed E-state index contributed by atoms with van der Waals surface area (Å²) >= 11 is 0. The van der Waals surface area contributed by atoms with E-state index in [1.54, 1.807) is 6.92 Å². The van der Waals surface area contributed by atoms with Gasteiger partial charge in [-0.05, 0) is 54.2 Å². The zero-order valence-corrected chi connectivity index (χ0v) is 20.1. The van der Waals surface area contributed by atoms with Crippen LogP contribution in [-0.2, 0) is 22.6 Å². The molecule has 3 aromatic rings. The third-order valence-corrected chi connectivity index (χ3v) is 6.36. The van der Waals surface area contributed by atoms with Crippen LogP contribution in [0.2, 0.25) is 0 Å². The molecule has 1 heterocycles. The number of fused-ring (bicyclic) bond motifs is 1. The van der Waals surface area contributed by atoms with Crippen molar-refractivity contribution in [2.24, 2.45) is 0 Å². The lowest BCUT2D eigenvalue weighted by Crippen LogP contribution is -2.39. The summed E-state index contributed by atoms with van der Waals surface area (Å²) in [5, 5.41) is 2.98. The molecule has 0 fully saturated rings. The van der Waals surface area contributed by atoms with Crippen molar-refractivity contribution in [3.63, 3.8) is 0 Å². The Bertz CT molecular complexity index is 1160. The summed E-state index contributed by atoms with van der Waals surface area (Å²) in [4.78, 5) is 27.2. The van der Waals surface area contributed by atoms with Crippen LogP contribution < -0.4 is 10.1 Å². The first-order valence-corrected chi connectivity index (χ1v) is 11.9. The van der Waals surface area contributed by atoms with Crippen LogP contribution in [0.15, 0.2) is 72.8 Å². The number of hydrogen-bond acceptors (Lipinski definition) is 3. The SMILES string of the molecule is CC[C@H](Oc1ccc2c(c1)[C@@H](c1cccc(C)c1)N(C(C)=O)CC2)C(=O)NCc1ccccc1. The lowest BCUT2D eigenvalue weighted by molar-refractivity contribution is -0.131. The third kappa shape index (κ3) is 5.30. The van der Waals surface area contributed by atoms with Crippen LogP contribution in [0, 0.1) is 6.92 Å². The Morgan fingerprint density at radius 3 is 2.56 bits per heavy atom. The van der Waals surface area contributed by atoms with Crippen LogP contribution >= 0.6 is 0 Å². The second kappa shape index (κ2) is 10.6. The first kappa shape index (κ1) is 23.6. The Kier molecular flexibility index (Phi) is 7.31. The molecule has 1 aliphatic rings. The fourth-order valence-electron chi connectivity index (χ4n) is 4.59. The van der Waals surface area contributed by atoms with Crippen molar-refractivity contribution in [1.29, 1.82) is 0 Å². The van der Waals surface area contributed by atoms with E-state index in [4.69, 9.17) is 4.74 Å². The Morgan fingerprint density at radius 2 is 1.85 bits per heavy atom. The number of carbonyl (C=O) groups is 2. The molecule has 4 rings (SSSR count). The standard InChI is InChI=1S/C29H32N2O3/c1-4-27(29(33)30-19-22-10-6-5-7-11-22)34-25-14-13-23-15-16-31(21(3)32)28(26(23)18-25)24-12-8-9-20(2)17-24/h5-14,17-18,27-28H,4,15-16,19H2,1-3H3,(H,30,33)/t27-,28+/m0/s1. The van der Waals surface area contributed by atoms with Gasteiger partial charge in [0.15, 0.2) is 6.10 Å². The van der Waals surface area contributed by atoms with E-state index in [1.807, 2.05) is 60.4 Å². The van der Waals surface area contributed by atoms with Gasteiger partial charge in [0.1, 0.15) is 5.75 Å². The van der Waals surface area contributed by atoms with E-state index in [2.05, 4.69) is 36.5 Å². The van der Waals surface area contributed by atoms with E-state index in [1.165, 1.54) is 5.56 Å². The molecule has 2 amide bonds. The number of hydrogen-bond donors (Lipinski definition) is 1. The van der Waals surface area contributed by atoms with Crippen LogP contribution in [0.3, 0.4) is 0 Å². The molecule has 2 atom stereocenters. The Hall–Kier alpha value is -3.60. The second-order valence-corrected chi connectivity index (χ2v) is 8.86. The highest BCUT2D eigenvalue weighted by Crippen LogP contribution is 2.37. The van der Waals surface area contributed by atoms with Crippen LogP contribution in [0.1, 0.15) is 54.1 Å². The molecule has 3 aromatic carbocycles. The molecule has 5 heteroatoms. The summed E-state index contributed by atoms with van der Waals surface area (Å²) < 4.78 is 6.17. The summed E-state index contributed by atoms with van der Waals surface area (Å²) in [6.45, 7) is 6.77. The normalized spacial score (nSPS) is 15.9. The maximum absolute atomic E-state index is 12.8. The van der Waals surface area contributed by atoms with Gasteiger partial charge in [-0.3, -0.25) is 9.59 Å². The minimum absolute atomic E-state index is 0.0511. The molecule has 5 nitrogen and oxygen atoms in total. The van der Waals surface area contributed by atoms with Gasteiger partial charge >= 0.3 is 0 Å². The zero-order chi connectivity index (χ0) is 24.1. The van der Waals surface area contributed by atoms with Gasteiger partial charge < -0.3 is 15.0 Å². The van der Waals surface area contributed by atoms with Gasteiger partial charge in [0.05, 0.1) is 6.04 Å². The Morgan fingerprint density at radius 1 is 1.06 bits per heavy atom. The number of carbonyl (C=O) groups excluding carboxylic acids is 2. The van der Waals surface area contributed by atoms with Gasteiger partial charge in [-0.1, -0.05) is 73.2 Å². The Labute approximate surface area is 201 Å². The number of nitrogens with zero attached hydrogens (tertiary/aromatic N) is 1. The molecule has 1 N–H and O–H groups in total. The molecule has 0 radical (unpaired) electrons. The van der Waals surface area contributed by atoms with E-state index >= 15 is 0 Å². The highest BCUT2D eigenvalue weighted by atomic mass is 16.5. The molecule has 0 aromatic heterocycles. The minimum Gasteiger partial charge on any atom is -0.481 e. The van der Waals surface area contributed by atoms with Crippen LogP contribution in [0.25, 0.3) is 0 Å². The number of rotatable bonds is 7. The van der Waals surface area contributed by atoms with Crippen molar-refractivity contribution in [2.75, 3.05) is 6.54 Å². The number of nitrogens with one attached hydrogen (secondary N) is 1. The van der Waals surface area contributed by atoms with Crippen LogP contribution in [0.5, 0.6) is 5.75 Å². The van der Waals surface area contributed by atoms with Gasteiger partial charge in [-0.25, -0.2) is 0 Å². The van der Waals surface area contributed by atoms with Gasteiger partial charge in [-0.15, -0.1) is 0 Å². The lowest BCUT2D eigenvalue weighted by Gasteiger charge is -2.37. The highest BCUT2D eigenvalue weighted by molar-refractivity contribution is 5.81. The largest absolute Gasteiger partial charge is 0.481 e. The number of amides is 2. The van der Waals surface area contributed by atoms with Crippen molar-refractivity contribution in [3.8, 4) is 5.75 Å². The van der Waals surface area contributed by atoms with E-state index in [0.717, 1.165) is 28.7 Å². The molecule has 1 aliphatic heterocycles. The first-order valence-electron chi connectivity index (χ1n) is 11.9. The molecule has 0 unspecified atom stereocenters. The van der Waals surface area contributed by atoms with E-state index in [-0.39, 0.29) is 17.9 Å². The fourth-order valence-corrected chi connectivity index (χ4v) is 4.59. The van der Waals surface area contributed by atoms with Gasteiger partial charge in [0, 0.05) is 20.0 Å². The molecule has 0 spiro atoms. The molecular formula is C29H32N2O3. The number of ether oxygens (including phenoxy) is 1. The Balaban J connectivity index is 1.57. The summed E-state index contributed by atoms with van der Waals surface area (Å²) in [6.07, 6.45) is 0.761. The van der Waals surface area contributed by atoms with Crippen LogP contribution in [0.4, 0.5) is 0 Å². The maximum atomic E-state index is 12.8. The number of benzene rings is 3. The molecular weight excluding hydrogens is 424 g/mol. The summed E-state index contributed by atoms with van der Waals surface area (Å²) in [6, 6.07) is 24.0. The van der Waals surface area contributed by atoms with E-state index in [9.17, 15) is 9.59 Å². The smallest absolute Gasteiger partial charge is 0.261 e. The molecule has 34 heavy (non-hydrogen) atoms. The molecule has 0 bridgehead atoms. The van der Waals surface area contributed by atoms with Crippen molar-refractivity contribution in [1.82, 2.24) is 10.2 Å². The number of aryl methyl sites for hydroxylation is 1. The average molecular weight is 457 g/mol. The molecule has 0 aliphatic carbocycles. The van der Waals surface area contributed by atoms with Gasteiger partial charge in [0.25, 0.3) is 5.91 Å². The van der Waals surface area contributed by atoms with Crippen molar-refractivity contribution < 1.29 is 14.3 Å². The fraction of sp³-hybridized carbons (Fsp3) is 0.310. The summed E-state index contributed by atoms with van der Waals surface area (Å²) in [5.74, 6) is 0.559. The van der Waals surface area contributed by atoms with Crippen LogP contribution in [-0.4, -0.2) is 29.4 Å². The quantitative estimate of drug-likeness (QED) is 0.547. The summed E-state index contributed by atoms with van der Waals surface area (Å²) in [7, 11) is 0. The van der Waals surface area contributed by atoms with Crippen molar-refractivity contribution in [3.05, 3.63) is 101 Å². The lowest BCUT2D eigenvalue weighted by atomic mass is 9.87.